The van der Waals surface area contributed by atoms with E-state index in [2.05, 4.69) is 16.0 Å². The first-order valence-corrected chi connectivity index (χ1v) is 12.6. The van der Waals surface area contributed by atoms with E-state index in [1.54, 1.807) is 12.1 Å². The maximum absolute atomic E-state index is 13.1. The number of furan rings is 1. The second-order valence-electron chi connectivity index (χ2n) is 10.1. The number of hydrogen-bond acceptors (Lipinski definition) is 7. The Hall–Kier alpha value is -3.86. The van der Waals surface area contributed by atoms with Crippen molar-refractivity contribution in [2.45, 2.75) is 71.6 Å². The smallest absolute Gasteiger partial charge is 0.326 e. The molecule has 0 radical (unpaired) electrons. The van der Waals surface area contributed by atoms with Crippen LogP contribution >= 0.6 is 0 Å². The Kier molecular flexibility index (Phi) is 11.3. The second-order valence-corrected chi connectivity index (χ2v) is 10.1. The molecule has 0 aliphatic carbocycles. The molecule has 0 aliphatic heterocycles. The van der Waals surface area contributed by atoms with Gasteiger partial charge in [0.15, 0.2) is 5.76 Å². The number of carboxylic acids is 1. The standard InChI is InChI=1S/C27H38N4O7/c1-15(2)11-20(28)24(33)29-14-19-9-10-23(38-19)26(35)30-21(13-17-5-7-18(32)8-6-17)25(34)31-22(27(36)37)12-16(3)4/h5-10,15-16,20-22,32H,11-14,28H2,1-4H3,(H,29,33)(H,30,35)(H,31,34)(H,36,37)/t20-,21-,22-/m0/s1. The van der Waals surface area contributed by atoms with Crippen molar-refractivity contribution in [2.75, 3.05) is 0 Å². The fraction of sp³-hybridized carbons (Fsp3) is 0.481. The molecule has 0 spiro atoms. The molecule has 0 saturated carbocycles. The maximum atomic E-state index is 13.1. The third-order valence-electron chi connectivity index (χ3n) is 5.70. The zero-order valence-electron chi connectivity index (χ0n) is 22.2. The van der Waals surface area contributed by atoms with E-state index in [4.69, 9.17) is 10.2 Å². The summed E-state index contributed by atoms with van der Waals surface area (Å²) in [4.78, 5) is 49.8. The minimum atomic E-state index is -1.17. The number of nitrogens with two attached hydrogens (primary N) is 1. The molecule has 2 aromatic rings. The van der Waals surface area contributed by atoms with Crippen LogP contribution in [0.5, 0.6) is 5.75 Å². The number of carboxylic acid groups (broad SMARTS) is 1. The Morgan fingerprint density at radius 1 is 0.868 bits per heavy atom. The Morgan fingerprint density at radius 2 is 1.50 bits per heavy atom. The lowest BCUT2D eigenvalue weighted by molar-refractivity contribution is -0.142. The number of nitrogens with one attached hydrogen (secondary N) is 3. The summed E-state index contributed by atoms with van der Waals surface area (Å²) in [5.41, 5.74) is 6.51. The van der Waals surface area contributed by atoms with Gasteiger partial charge >= 0.3 is 5.97 Å². The Labute approximate surface area is 222 Å². The Balaban J connectivity index is 2.12. The average Bonchev–Trinajstić information content (AvgIpc) is 3.31. The first kappa shape index (κ1) is 30.4. The van der Waals surface area contributed by atoms with E-state index >= 15 is 0 Å². The van der Waals surface area contributed by atoms with Crippen molar-refractivity contribution < 1.29 is 33.8 Å². The zero-order chi connectivity index (χ0) is 28.4. The van der Waals surface area contributed by atoms with Crippen molar-refractivity contribution >= 4 is 23.7 Å². The van der Waals surface area contributed by atoms with Gasteiger partial charge < -0.3 is 36.3 Å². The number of phenolic OH excluding ortho intramolecular Hbond substituents is 1. The number of aromatic hydroxyl groups is 1. The first-order valence-electron chi connectivity index (χ1n) is 12.6. The van der Waals surface area contributed by atoms with E-state index in [1.807, 2.05) is 27.7 Å². The summed E-state index contributed by atoms with van der Waals surface area (Å²) in [6, 6.07) is 6.14. The van der Waals surface area contributed by atoms with Crippen LogP contribution in [-0.4, -0.2) is 52.0 Å². The van der Waals surface area contributed by atoms with Crippen LogP contribution in [0.2, 0.25) is 0 Å². The minimum absolute atomic E-state index is 0.0171. The summed E-state index contributed by atoms with van der Waals surface area (Å²) in [6.45, 7) is 7.64. The summed E-state index contributed by atoms with van der Waals surface area (Å²) in [5.74, 6) is -2.30. The van der Waals surface area contributed by atoms with E-state index in [9.17, 15) is 29.4 Å². The van der Waals surface area contributed by atoms with Crippen LogP contribution in [0.25, 0.3) is 0 Å². The van der Waals surface area contributed by atoms with Crippen LogP contribution in [0.4, 0.5) is 0 Å². The van der Waals surface area contributed by atoms with E-state index < -0.39 is 35.9 Å². The summed E-state index contributed by atoms with van der Waals surface area (Å²) in [7, 11) is 0. The van der Waals surface area contributed by atoms with Crippen molar-refractivity contribution in [3.8, 4) is 5.75 Å². The molecule has 38 heavy (non-hydrogen) atoms. The largest absolute Gasteiger partial charge is 0.508 e. The lowest BCUT2D eigenvalue weighted by atomic mass is 10.0. The highest BCUT2D eigenvalue weighted by atomic mass is 16.4. The van der Waals surface area contributed by atoms with Gasteiger partial charge in [-0.15, -0.1) is 0 Å². The van der Waals surface area contributed by atoms with Gasteiger partial charge in [-0.2, -0.15) is 0 Å². The van der Waals surface area contributed by atoms with Gasteiger partial charge in [0, 0.05) is 6.42 Å². The molecule has 3 atom stereocenters. The summed E-state index contributed by atoms with van der Waals surface area (Å²) in [6.07, 6.45) is 0.792. The topological polar surface area (TPSA) is 184 Å². The van der Waals surface area contributed by atoms with Crippen LogP contribution in [0.15, 0.2) is 40.8 Å². The van der Waals surface area contributed by atoms with Crippen molar-refractivity contribution in [3.05, 3.63) is 53.5 Å². The van der Waals surface area contributed by atoms with E-state index in [1.165, 1.54) is 24.3 Å². The number of phenols is 1. The third-order valence-corrected chi connectivity index (χ3v) is 5.70. The van der Waals surface area contributed by atoms with Gasteiger partial charge in [-0.3, -0.25) is 14.4 Å². The maximum Gasteiger partial charge on any atom is 0.326 e. The molecule has 7 N–H and O–H groups in total. The SMILES string of the molecule is CC(C)C[C@H](NC(=O)[C@H](Cc1ccc(O)cc1)NC(=O)c1ccc(CNC(=O)[C@@H](N)CC(C)C)o1)C(=O)O. The first-order chi connectivity index (χ1) is 17.8. The monoisotopic (exact) mass is 530 g/mol. The normalized spacial score (nSPS) is 13.6. The van der Waals surface area contributed by atoms with Crippen LogP contribution in [0.1, 0.15) is 62.4 Å². The van der Waals surface area contributed by atoms with Crippen LogP contribution < -0.4 is 21.7 Å². The molecular weight excluding hydrogens is 492 g/mol. The predicted molar refractivity (Wildman–Crippen MR) is 140 cm³/mol. The number of amides is 3. The highest BCUT2D eigenvalue weighted by Crippen LogP contribution is 2.14. The van der Waals surface area contributed by atoms with Crippen molar-refractivity contribution in [2.24, 2.45) is 17.6 Å². The number of benzene rings is 1. The highest BCUT2D eigenvalue weighted by molar-refractivity contribution is 5.96. The second kappa shape index (κ2) is 14.2. The van der Waals surface area contributed by atoms with E-state index in [0.717, 1.165) is 0 Å². The van der Waals surface area contributed by atoms with Crippen molar-refractivity contribution in [3.63, 3.8) is 0 Å². The predicted octanol–water partition coefficient (Wildman–Crippen LogP) is 1.93. The van der Waals surface area contributed by atoms with E-state index in [-0.39, 0.29) is 48.6 Å². The Bertz CT molecular complexity index is 1100. The van der Waals surface area contributed by atoms with Crippen LogP contribution in [-0.2, 0) is 27.3 Å². The van der Waals surface area contributed by atoms with Crippen molar-refractivity contribution in [1.29, 1.82) is 0 Å². The fourth-order valence-electron chi connectivity index (χ4n) is 3.79. The molecule has 1 heterocycles. The average molecular weight is 531 g/mol. The molecule has 0 fully saturated rings. The summed E-state index contributed by atoms with van der Waals surface area (Å²) >= 11 is 0. The number of carbonyl (C=O) groups excluding carboxylic acids is 3. The lowest BCUT2D eigenvalue weighted by Gasteiger charge is -2.22. The molecule has 0 saturated heterocycles. The van der Waals surface area contributed by atoms with Gasteiger partial charge in [-0.05, 0) is 54.5 Å². The number of aliphatic carboxylic acids is 1. The van der Waals surface area contributed by atoms with E-state index in [0.29, 0.717) is 17.7 Å². The molecule has 1 aromatic heterocycles. The van der Waals surface area contributed by atoms with Crippen LogP contribution in [0.3, 0.4) is 0 Å². The molecule has 11 nitrogen and oxygen atoms in total. The molecule has 2 rings (SSSR count). The molecular formula is C27H38N4O7. The number of carbonyl (C=O) groups is 4. The number of hydrogen-bond donors (Lipinski definition) is 6. The summed E-state index contributed by atoms with van der Waals surface area (Å²) < 4.78 is 5.55. The minimum Gasteiger partial charge on any atom is -0.508 e. The van der Waals surface area contributed by atoms with Gasteiger partial charge in [0.2, 0.25) is 11.8 Å². The molecule has 11 heteroatoms. The quantitative estimate of drug-likeness (QED) is 0.214. The van der Waals surface area contributed by atoms with Crippen molar-refractivity contribution in [1.82, 2.24) is 16.0 Å². The number of rotatable bonds is 14. The molecule has 208 valence electrons. The fourth-order valence-corrected chi connectivity index (χ4v) is 3.79. The summed E-state index contributed by atoms with van der Waals surface area (Å²) in [5, 5.41) is 26.8. The van der Waals surface area contributed by atoms with Gasteiger partial charge in [0.05, 0.1) is 12.6 Å². The Morgan fingerprint density at radius 3 is 2.08 bits per heavy atom. The zero-order valence-corrected chi connectivity index (χ0v) is 22.2. The van der Waals surface area contributed by atoms with Gasteiger partial charge in [0.1, 0.15) is 23.6 Å². The van der Waals surface area contributed by atoms with Gasteiger partial charge in [0.25, 0.3) is 5.91 Å². The molecule has 1 aromatic carbocycles. The molecule has 0 unspecified atom stereocenters. The lowest BCUT2D eigenvalue weighted by Crippen LogP contribution is -2.52. The molecule has 0 aliphatic rings. The van der Waals surface area contributed by atoms with Crippen LogP contribution in [0, 0.1) is 11.8 Å². The van der Waals surface area contributed by atoms with Gasteiger partial charge in [-0.1, -0.05) is 39.8 Å². The van der Waals surface area contributed by atoms with Gasteiger partial charge in [-0.25, -0.2) is 4.79 Å². The highest BCUT2D eigenvalue weighted by Gasteiger charge is 2.28. The molecule has 0 bridgehead atoms. The third kappa shape index (κ3) is 9.89. The molecule has 3 amide bonds.